The fraction of sp³-hybridized carbons (Fsp3) is 0.500. The summed E-state index contributed by atoms with van der Waals surface area (Å²) in [4.78, 5) is 12.4. The largest absolute Gasteiger partial charge is 0.493 e. The van der Waals surface area contributed by atoms with Crippen molar-refractivity contribution in [3.8, 4) is 11.5 Å². The van der Waals surface area contributed by atoms with E-state index in [1.165, 1.54) is 5.56 Å². The number of fused-ring (bicyclic) bond motifs is 1. The average Bonchev–Trinajstić information content (AvgIpc) is 3.06. The van der Waals surface area contributed by atoms with Gasteiger partial charge in [0, 0.05) is 5.92 Å². The van der Waals surface area contributed by atoms with Crippen molar-refractivity contribution < 1.29 is 19.0 Å². The summed E-state index contributed by atoms with van der Waals surface area (Å²) in [5.74, 6) is 1.92. The van der Waals surface area contributed by atoms with Crippen LogP contribution in [0.2, 0.25) is 0 Å². The van der Waals surface area contributed by atoms with E-state index in [4.69, 9.17) is 14.2 Å². The molecule has 140 valence electrons. The van der Waals surface area contributed by atoms with E-state index in [1.807, 2.05) is 24.3 Å². The van der Waals surface area contributed by atoms with Crippen molar-refractivity contribution in [3.63, 3.8) is 0 Å². The standard InChI is InChI=1S/C22H28O4/c1-5-6-17-14-22(18(9-10-26-22)13-19(17)23)15(2)11-16-7-8-20(24-3)21(12-16)25-4/h5,7-8,12-13,15,17H,1,6,9-11,14H2,2-4H3/t15?,17-,22+/m0/s1. The summed E-state index contributed by atoms with van der Waals surface area (Å²) in [5.41, 5.74) is 2.00. The highest BCUT2D eigenvalue weighted by Gasteiger charge is 2.49. The molecule has 1 aromatic carbocycles. The summed E-state index contributed by atoms with van der Waals surface area (Å²) < 4.78 is 17.1. The van der Waals surface area contributed by atoms with Gasteiger partial charge < -0.3 is 14.2 Å². The van der Waals surface area contributed by atoms with E-state index < -0.39 is 0 Å². The second kappa shape index (κ2) is 7.67. The van der Waals surface area contributed by atoms with Crippen LogP contribution in [0.4, 0.5) is 0 Å². The van der Waals surface area contributed by atoms with Gasteiger partial charge in [-0.3, -0.25) is 4.79 Å². The molecule has 1 aromatic rings. The summed E-state index contributed by atoms with van der Waals surface area (Å²) >= 11 is 0. The minimum atomic E-state index is -0.339. The highest BCUT2D eigenvalue weighted by Crippen LogP contribution is 2.47. The van der Waals surface area contributed by atoms with Gasteiger partial charge in [0.1, 0.15) is 0 Å². The van der Waals surface area contributed by atoms with Crippen LogP contribution >= 0.6 is 0 Å². The maximum Gasteiger partial charge on any atom is 0.160 e. The van der Waals surface area contributed by atoms with E-state index in [1.54, 1.807) is 14.2 Å². The van der Waals surface area contributed by atoms with Crippen LogP contribution in [-0.2, 0) is 16.0 Å². The van der Waals surface area contributed by atoms with Crippen LogP contribution in [0.5, 0.6) is 11.5 Å². The highest BCUT2D eigenvalue weighted by atomic mass is 16.5. The van der Waals surface area contributed by atoms with Crippen LogP contribution in [-0.4, -0.2) is 32.2 Å². The van der Waals surface area contributed by atoms with Crippen molar-refractivity contribution in [3.05, 3.63) is 48.1 Å². The Kier molecular flexibility index (Phi) is 5.52. The number of hydrogen-bond donors (Lipinski definition) is 0. The van der Waals surface area contributed by atoms with Gasteiger partial charge in [-0.1, -0.05) is 19.1 Å². The Balaban J connectivity index is 1.86. The molecule has 0 radical (unpaired) electrons. The Morgan fingerprint density at radius 2 is 2.12 bits per heavy atom. The molecule has 0 bridgehead atoms. The number of ether oxygens (including phenoxy) is 3. The molecular formula is C22H28O4. The normalized spacial score (nSPS) is 26.0. The molecule has 0 aromatic heterocycles. The van der Waals surface area contributed by atoms with Gasteiger partial charge >= 0.3 is 0 Å². The monoisotopic (exact) mass is 356 g/mol. The SMILES string of the molecule is C=CC[C@H]1C[C@]2(C(C)Cc3ccc(OC)c(OC)c3)OCCC2=CC1=O. The zero-order valence-electron chi connectivity index (χ0n) is 15.9. The van der Waals surface area contributed by atoms with Gasteiger partial charge in [0.05, 0.1) is 26.4 Å². The molecule has 0 spiro atoms. The smallest absolute Gasteiger partial charge is 0.160 e. The Morgan fingerprint density at radius 1 is 1.35 bits per heavy atom. The average molecular weight is 356 g/mol. The fourth-order valence-corrected chi connectivity index (χ4v) is 4.37. The molecule has 3 rings (SSSR count). The Bertz CT molecular complexity index is 721. The topological polar surface area (TPSA) is 44.8 Å². The van der Waals surface area contributed by atoms with Crippen LogP contribution in [0.15, 0.2) is 42.5 Å². The molecule has 4 nitrogen and oxygen atoms in total. The predicted molar refractivity (Wildman–Crippen MR) is 102 cm³/mol. The Labute approximate surface area is 155 Å². The van der Waals surface area contributed by atoms with Gasteiger partial charge in [-0.25, -0.2) is 0 Å². The first kappa shape index (κ1) is 18.7. The summed E-state index contributed by atoms with van der Waals surface area (Å²) in [7, 11) is 3.29. The van der Waals surface area contributed by atoms with Gasteiger partial charge in [-0.2, -0.15) is 0 Å². The first-order valence-corrected chi connectivity index (χ1v) is 9.24. The maximum atomic E-state index is 12.4. The molecule has 1 saturated heterocycles. The second-order valence-electron chi connectivity index (χ2n) is 7.28. The number of rotatable bonds is 7. The van der Waals surface area contributed by atoms with Crippen molar-refractivity contribution in [2.75, 3.05) is 20.8 Å². The first-order valence-electron chi connectivity index (χ1n) is 9.24. The molecule has 4 heteroatoms. The van der Waals surface area contributed by atoms with Crippen molar-refractivity contribution in [1.82, 2.24) is 0 Å². The van der Waals surface area contributed by atoms with E-state index in [0.717, 1.165) is 36.3 Å². The molecule has 0 saturated carbocycles. The van der Waals surface area contributed by atoms with Gasteiger partial charge in [0.25, 0.3) is 0 Å². The fourth-order valence-electron chi connectivity index (χ4n) is 4.37. The molecule has 26 heavy (non-hydrogen) atoms. The van der Waals surface area contributed by atoms with Crippen LogP contribution in [0, 0.1) is 11.8 Å². The minimum Gasteiger partial charge on any atom is -0.493 e. The number of carbonyl (C=O) groups excluding carboxylic acids is 1. The molecule has 1 heterocycles. The van der Waals surface area contributed by atoms with Crippen LogP contribution in [0.1, 0.15) is 31.7 Å². The van der Waals surface area contributed by atoms with E-state index in [9.17, 15) is 4.79 Å². The lowest BCUT2D eigenvalue weighted by Crippen LogP contribution is -2.44. The molecule has 0 N–H and O–H groups in total. The van der Waals surface area contributed by atoms with E-state index in [0.29, 0.717) is 13.0 Å². The molecule has 0 amide bonds. The number of benzene rings is 1. The lowest BCUT2D eigenvalue weighted by Gasteiger charge is -2.41. The quantitative estimate of drug-likeness (QED) is 0.689. The van der Waals surface area contributed by atoms with Crippen molar-refractivity contribution in [1.29, 1.82) is 0 Å². The number of methoxy groups -OCH3 is 2. The number of ketones is 1. The number of carbonyl (C=O) groups is 1. The molecular weight excluding hydrogens is 328 g/mol. The summed E-state index contributed by atoms with van der Waals surface area (Å²) in [5, 5.41) is 0. The van der Waals surface area contributed by atoms with Gasteiger partial charge in [-0.15, -0.1) is 6.58 Å². The lowest BCUT2D eigenvalue weighted by atomic mass is 9.68. The first-order chi connectivity index (χ1) is 12.5. The van der Waals surface area contributed by atoms with E-state index in [-0.39, 0.29) is 23.2 Å². The Morgan fingerprint density at radius 3 is 2.81 bits per heavy atom. The van der Waals surface area contributed by atoms with E-state index in [2.05, 4.69) is 19.6 Å². The van der Waals surface area contributed by atoms with Crippen molar-refractivity contribution in [2.45, 2.75) is 38.2 Å². The third-order valence-electron chi connectivity index (χ3n) is 5.78. The van der Waals surface area contributed by atoms with Crippen molar-refractivity contribution >= 4 is 5.78 Å². The zero-order chi connectivity index (χ0) is 18.7. The lowest BCUT2D eigenvalue weighted by molar-refractivity contribution is -0.123. The van der Waals surface area contributed by atoms with Gasteiger partial charge in [0.2, 0.25) is 0 Å². The molecule has 1 fully saturated rings. The highest BCUT2D eigenvalue weighted by molar-refractivity contribution is 5.94. The van der Waals surface area contributed by atoms with Crippen LogP contribution in [0.25, 0.3) is 0 Å². The van der Waals surface area contributed by atoms with Crippen molar-refractivity contribution in [2.24, 2.45) is 11.8 Å². The summed E-state index contributed by atoms with van der Waals surface area (Å²) in [6, 6.07) is 6.04. The van der Waals surface area contributed by atoms with E-state index >= 15 is 0 Å². The molecule has 1 unspecified atom stereocenters. The number of allylic oxidation sites excluding steroid dienone is 2. The second-order valence-corrected chi connectivity index (χ2v) is 7.28. The third-order valence-corrected chi connectivity index (χ3v) is 5.78. The summed E-state index contributed by atoms with van der Waals surface area (Å²) in [6.07, 6.45) is 6.84. The number of hydrogen-bond acceptors (Lipinski definition) is 4. The molecule has 1 aliphatic heterocycles. The molecule has 3 atom stereocenters. The maximum absolute atomic E-state index is 12.4. The van der Waals surface area contributed by atoms with Crippen LogP contribution < -0.4 is 9.47 Å². The molecule has 1 aliphatic carbocycles. The van der Waals surface area contributed by atoms with Gasteiger partial charge in [-0.05, 0) is 60.9 Å². The van der Waals surface area contributed by atoms with Gasteiger partial charge in [0.15, 0.2) is 17.3 Å². The predicted octanol–water partition coefficient (Wildman–Crippen LogP) is 4.13. The third kappa shape index (κ3) is 3.30. The Hall–Kier alpha value is -2.07. The minimum absolute atomic E-state index is 0.0257. The van der Waals surface area contributed by atoms with Crippen LogP contribution in [0.3, 0.4) is 0 Å². The zero-order valence-corrected chi connectivity index (χ0v) is 15.9. The molecule has 2 aliphatic rings. The summed E-state index contributed by atoms with van der Waals surface area (Å²) in [6.45, 7) is 6.72.